The normalized spacial score (nSPS) is 11.9. The van der Waals surface area contributed by atoms with Crippen molar-refractivity contribution in [2.75, 3.05) is 20.3 Å². The quantitative estimate of drug-likeness (QED) is 0.0730. The Labute approximate surface area is 202 Å². The number of nitrogens with zero attached hydrogens (tertiary/aromatic N) is 2. The van der Waals surface area contributed by atoms with Gasteiger partial charge in [-0.15, -0.1) is 0 Å². The summed E-state index contributed by atoms with van der Waals surface area (Å²) < 4.78 is 12.0. The fraction of sp³-hybridized carbons (Fsp3) is 0.370. The summed E-state index contributed by atoms with van der Waals surface area (Å²) in [6, 6.07) is 3.94. The van der Waals surface area contributed by atoms with Crippen molar-refractivity contribution >= 4 is 16.7 Å². The van der Waals surface area contributed by atoms with Crippen molar-refractivity contribution in [3.05, 3.63) is 78.4 Å². The van der Waals surface area contributed by atoms with Gasteiger partial charge in [0.2, 0.25) is 0 Å². The molecule has 182 valence electrons. The average molecular weight is 465 g/mol. The number of allylic oxidation sites excluding steroid dienone is 4. The molecule has 1 heterocycles. The van der Waals surface area contributed by atoms with E-state index in [1.165, 1.54) is 0 Å². The molecule has 7 heteroatoms. The van der Waals surface area contributed by atoms with Crippen LogP contribution in [0.15, 0.2) is 77.6 Å². The SMILES string of the molecule is C=C/C=C(\C=C/CC(=C)NN=NC)OCCCCOc1ccc2c(C(C)=O)c[nH]c2c1CCC. The average Bonchev–Trinajstić information content (AvgIpc) is 3.26. The molecule has 0 amide bonds. The summed E-state index contributed by atoms with van der Waals surface area (Å²) >= 11 is 0. The Bertz CT molecular complexity index is 1060. The van der Waals surface area contributed by atoms with E-state index >= 15 is 0 Å². The van der Waals surface area contributed by atoms with Gasteiger partial charge in [0.05, 0.1) is 25.8 Å². The number of carbonyl (C=O) groups excluding carboxylic acids is 1. The van der Waals surface area contributed by atoms with Crippen LogP contribution in [-0.2, 0) is 11.2 Å². The maximum absolute atomic E-state index is 11.9. The number of unbranched alkanes of at least 4 members (excludes halogenated alkanes) is 1. The van der Waals surface area contributed by atoms with Gasteiger partial charge in [0.1, 0.15) is 11.5 Å². The fourth-order valence-corrected chi connectivity index (χ4v) is 3.49. The van der Waals surface area contributed by atoms with Gasteiger partial charge in [-0.05, 0) is 50.5 Å². The van der Waals surface area contributed by atoms with Crippen LogP contribution >= 0.6 is 0 Å². The molecule has 34 heavy (non-hydrogen) atoms. The molecule has 0 radical (unpaired) electrons. The van der Waals surface area contributed by atoms with E-state index in [1.807, 2.05) is 30.4 Å². The number of carbonyl (C=O) groups is 1. The first-order valence-electron chi connectivity index (χ1n) is 11.6. The fourth-order valence-electron chi connectivity index (χ4n) is 3.49. The van der Waals surface area contributed by atoms with Gasteiger partial charge in [0.15, 0.2) is 5.78 Å². The third kappa shape index (κ3) is 8.06. The van der Waals surface area contributed by atoms with Crippen LogP contribution in [0.4, 0.5) is 0 Å². The Morgan fingerprint density at radius 1 is 1.26 bits per heavy atom. The smallest absolute Gasteiger partial charge is 0.161 e. The number of aromatic amines is 1. The number of ketones is 1. The van der Waals surface area contributed by atoms with Crippen LogP contribution in [0, 0.1) is 0 Å². The molecule has 0 unspecified atom stereocenters. The minimum atomic E-state index is 0.0617. The van der Waals surface area contributed by atoms with E-state index in [0.717, 1.165) is 64.9 Å². The summed E-state index contributed by atoms with van der Waals surface area (Å²) in [5, 5.41) is 8.28. The van der Waals surface area contributed by atoms with Crippen molar-refractivity contribution < 1.29 is 14.3 Å². The summed E-state index contributed by atoms with van der Waals surface area (Å²) in [6.45, 7) is 12.5. The molecule has 0 aliphatic carbocycles. The van der Waals surface area contributed by atoms with Crippen LogP contribution in [0.1, 0.15) is 55.5 Å². The molecule has 0 spiro atoms. The first-order chi connectivity index (χ1) is 16.5. The van der Waals surface area contributed by atoms with Crippen LogP contribution in [0.2, 0.25) is 0 Å². The molecule has 2 rings (SSSR count). The lowest BCUT2D eigenvalue weighted by Gasteiger charge is -2.13. The van der Waals surface area contributed by atoms with E-state index in [9.17, 15) is 4.79 Å². The highest BCUT2D eigenvalue weighted by Crippen LogP contribution is 2.31. The Morgan fingerprint density at radius 2 is 2.06 bits per heavy atom. The van der Waals surface area contributed by atoms with E-state index in [0.29, 0.717) is 19.6 Å². The highest BCUT2D eigenvalue weighted by Gasteiger charge is 2.14. The Kier molecular flexibility index (Phi) is 11.4. The second kappa shape index (κ2) is 14.5. The lowest BCUT2D eigenvalue weighted by molar-refractivity contribution is 0.101. The first-order valence-corrected chi connectivity index (χ1v) is 11.6. The van der Waals surface area contributed by atoms with Gasteiger partial charge in [-0.1, -0.05) is 43.9 Å². The number of fused-ring (bicyclic) bond motifs is 1. The van der Waals surface area contributed by atoms with E-state index in [1.54, 1.807) is 26.2 Å². The molecular weight excluding hydrogens is 428 g/mol. The third-order valence-electron chi connectivity index (χ3n) is 5.10. The number of H-pyrrole nitrogens is 1. The molecule has 0 atom stereocenters. The maximum Gasteiger partial charge on any atom is 0.161 e. The minimum absolute atomic E-state index is 0.0617. The lowest BCUT2D eigenvalue weighted by atomic mass is 10.0. The van der Waals surface area contributed by atoms with Crippen molar-refractivity contribution in [2.24, 2.45) is 10.3 Å². The lowest BCUT2D eigenvalue weighted by Crippen LogP contribution is -2.03. The zero-order valence-corrected chi connectivity index (χ0v) is 20.5. The summed E-state index contributed by atoms with van der Waals surface area (Å²) in [6.07, 6.45) is 13.4. The molecule has 1 aromatic heterocycles. The molecule has 2 aromatic rings. The summed E-state index contributed by atoms with van der Waals surface area (Å²) in [7, 11) is 1.59. The molecule has 0 saturated carbocycles. The van der Waals surface area contributed by atoms with Gasteiger partial charge < -0.3 is 14.5 Å². The third-order valence-corrected chi connectivity index (χ3v) is 5.10. The van der Waals surface area contributed by atoms with E-state index < -0.39 is 0 Å². The molecule has 2 N–H and O–H groups in total. The topological polar surface area (TPSA) is 88.1 Å². The molecular formula is C27H36N4O3. The highest BCUT2D eigenvalue weighted by atomic mass is 16.5. The first kappa shape index (κ1) is 26.6. The highest BCUT2D eigenvalue weighted by molar-refractivity contribution is 6.07. The molecule has 0 bridgehead atoms. The van der Waals surface area contributed by atoms with Gasteiger partial charge in [0.25, 0.3) is 0 Å². The largest absolute Gasteiger partial charge is 0.494 e. The number of Topliss-reactive ketones (excluding diaryl/α,β-unsaturated/α-hetero) is 1. The van der Waals surface area contributed by atoms with Crippen LogP contribution in [-0.4, -0.2) is 31.0 Å². The standard InChI is InChI=1S/C27H36N4O3/c1-6-11-22(14-10-13-20(3)30-31-28-5)33-17-8-9-18-34-26-16-15-23-25(21(4)32)19-29-27(23)24(26)12-7-2/h6,10-11,14-16,19,29H,1,3,7-9,12-13,17-18H2,2,4-5H3,(H,28,30)/b14-10-,22-11+. The second-order valence-electron chi connectivity index (χ2n) is 7.80. The molecule has 0 saturated heterocycles. The zero-order valence-electron chi connectivity index (χ0n) is 20.5. The second-order valence-corrected chi connectivity index (χ2v) is 7.80. The number of rotatable bonds is 16. The van der Waals surface area contributed by atoms with Crippen LogP contribution in [0.5, 0.6) is 5.75 Å². The molecule has 1 aromatic carbocycles. The number of ether oxygens (including phenoxy) is 2. The van der Waals surface area contributed by atoms with E-state index in [-0.39, 0.29) is 5.78 Å². The van der Waals surface area contributed by atoms with Crippen molar-refractivity contribution in [3.8, 4) is 5.75 Å². The van der Waals surface area contributed by atoms with Crippen LogP contribution in [0.3, 0.4) is 0 Å². The number of aryl methyl sites for hydroxylation is 1. The van der Waals surface area contributed by atoms with E-state index in [4.69, 9.17) is 9.47 Å². The number of hydrogen-bond acceptors (Lipinski definition) is 5. The van der Waals surface area contributed by atoms with Crippen molar-refractivity contribution in [1.29, 1.82) is 0 Å². The van der Waals surface area contributed by atoms with Gasteiger partial charge in [-0.25, -0.2) is 0 Å². The summed E-state index contributed by atoms with van der Waals surface area (Å²) in [4.78, 5) is 15.1. The van der Waals surface area contributed by atoms with Crippen LogP contribution in [0.25, 0.3) is 10.9 Å². The summed E-state index contributed by atoms with van der Waals surface area (Å²) in [5.74, 6) is 1.68. The van der Waals surface area contributed by atoms with Gasteiger partial charge in [-0.3, -0.25) is 10.2 Å². The summed E-state index contributed by atoms with van der Waals surface area (Å²) in [5.41, 5.74) is 6.34. The van der Waals surface area contributed by atoms with Gasteiger partial charge >= 0.3 is 0 Å². The molecule has 0 aliphatic heterocycles. The number of benzene rings is 1. The van der Waals surface area contributed by atoms with Crippen molar-refractivity contribution in [3.63, 3.8) is 0 Å². The van der Waals surface area contributed by atoms with Gasteiger partial charge in [0, 0.05) is 34.8 Å². The number of nitrogens with one attached hydrogen (secondary N) is 2. The molecule has 0 aliphatic rings. The van der Waals surface area contributed by atoms with Gasteiger partial charge in [-0.2, -0.15) is 5.11 Å². The van der Waals surface area contributed by atoms with E-state index in [2.05, 4.69) is 40.8 Å². The molecule has 0 fully saturated rings. The monoisotopic (exact) mass is 464 g/mol. The molecule has 7 nitrogen and oxygen atoms in total. The minimum Gasteiger partial charge on any atom is -0.494 e. The van der Waals surface area contributed by atoms with Crippen molar-refractivity contribution in [2.45, 2.75) is 46.0 Å². The predicted octanol–water partition coefficient (Wildman–Crippen LogP) is 6.62. The Hall–Kier alpha value is -3.61. The zero-order chi connectivity index (χ0) is 24.8. The van der Waals surface area contributed by atoms with Crippen LogP contribution < -0.4 is 10.2 Å². The number of hydrogen-bond donors (Lipinski definition) is 2. The predicted molar refractivity (Wildman–Crippen MR) is 138 cm³/mol. The van der Waals surface area contributed by atoms with Crippen molar-refractivity contribution in [1.82, 2.24) is 10.4 Å². The Balaban J connectivity index is 1.84. The number of aromatic nitrogens is 1. The maximum atomic E-state index is 11.9. The Morgan fingerprint density at radius 3 is 2.76 bits per heavy atom.